The number of carbonyl (C=O) groups is 1. The molecule has 2 amide bonds. The number of methoxy groups -OCH3 is 1. The molecule has 144 valence electrons. The van der Waals surface area contributed by atoms with Gasteiger partial charge in [-0.1, -0.05) is 12.1 Å². The van der Waals surface area contributed by atoms with Crippen LogP contribution in [0.3, 0.4) is 0 Å². The molecular formula is C18H24N6O3. The molecule has 3 rings (SSSR count). The van der Waals surface area contributed by atoms with Crippen LogP contribution in [0.15, 0.2) is 30.5 Å². The van der Waals surface area contributed by atoms with E-state index in [1.54, 1.807) is 25.4 Å². The van der Waals surface area contributed by atoms with Gasteiger partial charge in [-0.15, -0.1) is 0 Å². The third-order valence-corrected chi connectivity index (χ3v) is 4.08. The standard InChI is InChI=1S/C18H24N6O3/c1-23(2)16-14(12-19-17(22-16)24-8-10-27-11-9-24)21-18(25)20-13-6-4-5-7-15(13)26-3/h4-7,12H,8-11H2,1-3H3,(H2,20,21,25). The number of morpholine rings is 1. The van der Waals surface area contributed by atoms with Gasteiger partial charge in [0.15, 0.2) is 5.82 Å². The number of urea groups is 1. The van der Waals surface area contributed by atoms with Crippen molar-refractivity contribution in [1.82, 2.24) is 9.97 Å². The Morgan fingerprint density at radius 2 is 1.89 bits per heavy atom. The number of nitrogens with zero attached hydrogens (tertiary/aromatic N) is 4. The van der Waals surface area contributed by atoms with Crippen LogP contribution in [0.1, 0.15) is 0 Å². The molecule has 1 fully saturated rings. The van der Waals surface area contributed by atoms with Gasteiger partial charge in [0.05, 0.1) is 32.2 Å². The average molecular weight is 372 g/mol. The summed E-state index contributed by atoms with van der Waals surface area (Å²) >= 11 is 0. The first-order valence-corrected chi connectivity index (χ1v) is 8.66. The molecule has 0 atom stereocenters. The summed E-state index contributed by atoms with van der Waals surface area (Å²) < 4.78 is 10.6. The van der Waals surface area contributed by atoms with Crippen molar-refractivity contribution in [3.63, 3.8) is 0 Å². The van der Waals surface area contributed by atoms with Crippen LogP contribution in [0.5, 0.6) is 5.75 Å². The molecular weight excluding hydrogens is 348 g/mol. The van der Waals surface area contributed by atoms with E-state index in [0.29, 0.717) is 42.1 Å². The maximum atomic E-state index is 12.4. The SMILES string of the molecule is COc1ccccc1NC(=O)Nc1cnc(N2CCOCC2)nc1N(C)C. The summed E-state index contributed by atoms with van der Waals surface area (Å²) in [5, 5.41) is 5.58. The van der Waals surface area contributed by atoms with Gasteiger partial charge in [-0.2, -0.15) is 4.98 Å². The number of nitrogens with one attached hydrogen (secondary N) is 2. The first kappa shape index (κ1) is 18.7. The molecule has 0 radical (unpaired) electrons. The minimum Gasteiger partial charge on any atom is -0.495 e. The lowest BCUT2D eigenvalue weighted by atomic mass is 10.3. The molecule has 27 heavy (non-hydrogen) atoms. The molecule has 0 saturated carbocycles. The Balaban J connectivity index is 1.76. The van der Waals surface area contributed by atoms with E-state index in [0.717, 1.165) is 13.1 Å². The minimum absolute atomic E-state index is 0.398. The fraction of sp³-hybridized carbons (Fsp3) is 0.389. The lowest BCUT2D eigenvalue weighted by Gasteiger charge is -2.28. The number of benzene rings is 1. The van der Waals surface area contributed by atoms with Gasteiger partial charge in [0.25, 0.3) is 0 Å². The van der Waals surface area contributed by atoms with E-state index < -0.39 is 6.03 Å². The molecule has 1 aromatic carbocycles. The van der Waals surface area contributed by atoms with Gasteiger partial charge in [-0.05, 0) is 12.1 Å². The topological polar surface area (TPSA) is 91.8 Å². The van der Waals surface area contributed by atoms with Gasteiger partial charge in [-0.25, -0.2) is 9.78 Å². The number of amides is 2. The second kappa shape index (κ2) is 8.54. The van der Waals surface area contributed by atoms with Crippen molar-refractivity contribution >= 4 is 29.2 Å². The highest BCUT2D eigenvalue weighted by atomic mass is 16.5. The van der Waals surface area contributed by atoms with E-state index in [1.165, 1.54) is 0 Å². The quantitative estimate of drug-likeness (QED) is 0.830. The summed E-state index contributed by atoms with van der Waals surface area (Å²) in [6.07, 6.45) is 1.62. The summed E-state index contributed by atoms with van der Waals surface area (Å²) in [5.41, 5.74) is 1.10. The van der Waals surface area contributed by atoms with Gasteiger partial charge in [0.1, 0.15) is 11.4 Å². The molecule has 9 heteroatoms. The average Bonchev–Trinajstić information content (AvgIpc) is 2.69. The molecule has 2 N–H and O–H groups in total. The van der Waals surface area contributed by atoms with Gasteiger partial charge in [-0.3, -0.25) is 0 Å². The molecule has 2 aromatic rings. The first-order valence-electron chi connectivity index (χ1n) is 8.66. The molecule has 9 nitrogen and oxygen atoms in total. The van der Waals surface area contributed by atoms with E-state index in [1.807, 2.05) is 31.1 Å². The van der Waals surface area contributed by atoms with Crippen LogP contribution >= 0.6 is 0 Å². The van der Waals surface area contributed by atoms with Gasteiger partial charge < -0.3 is 29.9 Å². The molecule has 1 saturated heterocycles. The zero-order chi connectivity index (χ0) is 19.2. The Hall–Kier alpha value is -3.07. The highest BCUT2D eigenvalue weighted by molar-refractivity contribution is 6.02. The summed E-state index contributed by atoms with van der Waals surface area (Å²) in [5.74, 6) is 1.83. The number of aromatic nitrogens is 2. The van der Waals surface area contributed by atoms with Crippen LogP contribution in [0.2, 0.25) is 0 Å². The van der Waals surface area contributed by atoms with Crippen molar-refractivity contribution in [2.75, 3.05) is 67.9 Å². The number of ether oxygens (including phenoxy) is 2. The summed E-state index contributed by atoms with van der Waals surface area (Å²) in [6, 6.07) is 6.81. The second-order valence-corrected chi connectivity index (χ2v) is 6.18. The first-order chi connectivity index (χ1) is 13.1. The molecule has 0 aliphatic carbocycles. The summed E-state index contributed by atoms with van der Waals surface area (Å²) in [4.78, 5) is 25.3. The lowest BCUT2D eigenvalue weighted by molar-refractivity contribution is 0.122. The lowest BCUT2D eigenvalue weighted by Crippen LogP contribution is -2.37. The van der Waals surface area contributed by atoms with Crippen molar-refractivity contribution in [3.05, 3.63) is 30.5 Å². The molecule has 1 aromatic heterocycles. The number of rotatable bonds is 5. The van der Waals surface area contributed by atoms with Crippen LogP contribution in [0.4, 0.5) is 27.9 Å². The van der Waals surface area contributed by atoms with Crippen LogP contribution in [-0.2, 0) is 4.74 Å². The molecule has 0 unspecified atom stereocenters. The number of carbonyl (C=O) groups excluding carboxylic acids is 1. The number of hydrogen-bond donors (Lipinski definition) is 2. The van der Waals surface area contributed by atoms with E-state index in [-0.39, 0.29) is 0 Å². The van der Waals surface area contributed by atoms with Crippen LogP contribution in [0, 0.1) is 0 Å². The Morgan fingerprint density at radius 1 is 1.19 bits per heavy atom. The van der Waals surface area contributed by atoms with Crippen LogP contribution in [-0.4, -0.2) is 63.5 Å². The summed E-state index contributed by atoms with van der Waals surface area (Å²) in [6.45, 7) is 2.80. The van der Waals surface area contributed by atoms with Crippen molar-refractivity contribution < 1.29 is 14.3 Å². The highest BCUT2D eigenvalue weighted by Crippen LogP contribution is 2.26. The largest absolute Gasteiger partial charge is 0.495 e. The van der Waals surface area contributed by atoms with E-state index in [2.05, 4.69) is 25.5 Å². The number of hydrogen-bond acceptors (Lipinski definition) is 7. The summed E-state index contributed by atoms with van der Waals surface area (Å²) in [7, 11) is 5.30. The Labute approximate surface area is 158 Å². The van der Waals surface area contributed by atoms with E-state index in [4.69, 9.17) is 9.47 Å². The third kappa shape index (κ3) is 4.56. The van der Waals surface area contributed by atoms with Crippen molar-refractivity contribution in [2.45, 2.75) is 0 Å². The van der Waals surface area contributed by atoms with Crippen molar-refractivity contribution in [3.8, 4) is 5.75 Å². The van der Waals surface area contributed by atoms with Gasteiger partial charge in [0, 0.05) is 27.2 Å². The highest BCUT2D eigenvalue weighted by Gasteiger charge is 2.18. The molecule has 0 bridgehead atoms. The maximum Gasteiger partial charge on any atom is 0.323 e. The minimum atomic E-state index is -0.398. The predicted octanol–water partition coefficient (Wildman–Crippen LogP) is 2.03. The number of anilines is 4. The zero-order valence-corrected chi connectivity index (χ0v) is 15.7. The third-order valence-electron chi connectivity index (χ3n) is 4.08. The number of para-hydroxylation sites is 2. The molecule has 1 aliphatic rings. The van der Waals surface area contributed by atoms with Crippen LogP contribution in [0.25, 0.3) is 0 Å². The van der Waals surface area contributed by atoms with Crippen molar-refractivity contribution in [1.29, 1.82) is 0 Å². The Kier molecular flexibility index (Phi) is 5.92. The maximum absolute atomic E-state index is 12.4. The smallest absolute Gasteiger partial charge is 0.323 e. The van der Waals surface area contributed by atoms with E-state index >= 15 is 0 Å². The Bertz CT molecular complexity index is 792. The predicted molar refractivity (Wildman–Crippen MR) is 105 cm³/mol. The normalized spacial score (nSPS) is 13.8. The van der Waals surface area contributed by atoms with E-state index in [9.17, 15) is 4.79 Å². The molecule has 2 heterocycles. The molecule has 1 aliphatic heterocycles. The Morgan fingerprint density at radius 3 is 2.59 bits per heavy atom. The van der Waals surface area contributed by atoms with Gasteiger partial charge in [0.2, 0.25) is 5.95 Å². The second-order valence-electron chi connectivity index (χ2n) is 6.18. The monoisotopic (exact) mass is 372 g/mol. The fourth-order valence-electron chi connectivity index (χ4n) is 2.73. The van der Waals surface area contributed by atoms with Gasteiger partial charge >= 0.3 is 6.03 Å². The van der Waals surface area contributed by atoms with Crippen molar-refractivity contribution in [2.24, 2.45) is 0 Å². The van der Waals surface area contributed by atoms with Crippen LogP contribution < -0.4 is 25.2 Å². The zero-order valence-electron chi connectivity index (χ0n) is 15.7. The fourth-order valence-corrected chi connectivity index (χ4v) is 2.73. The molecule has 0 spiro atoms.